The first-order chi connectivity index (χ1) is 9.22. The van der Waals surface area contributed by atoms with Crippen LogP contribution in [0.1, 0.15) is 23.2 Å². The van der Waals surface area contributed by atoms with E-state index in [1.807, 2.05) is 0 Å². The van der Waals surface area contributed by atoms with E-state index in [4.69, 9.17) is 4.74 Å². The Morgan fingerprint density at radius 3 is 3.00 bits per heavy atom. The van der Waals surface area contributed by atoms with Crippen LogP contribution in [0.2, 0.25) is 0 Å². The summed E-state index contributed by atoms with van der Waals surface area (Å²) in [6, 6.07) is 4.37. The second-order valence-corrected chi connectivity index (χ2v) is 4.72. The van der Waals surface area contributed by atoms with Crippen molar-refractivity contribution < 1.29 is 13.9 Å². The van der Waals surface area contributed by atoms with E-state index in [1.54, 1.807) is 6.07 Å². The van der Waals surface area contributed by atoms with Gasteiger partial charge in [-0.05, 0) is 44.0 Å². The van der Waals surface area contributed by atoms with Gasteiger partial charge in [0.2, 0.25) is 0 Å². The summed E-state index contributed by atoms with van der Waals surface area (Å²) in [5.74, 6) is -0.108. The molecule has 0 bridgehead atoms. The van der Waals surface area contributed by atoms with Crippen molar-refractivity contribution >= 4 is 18.3 Å². The Labute approximate surface area is 124 Å². The lowest BCUT2D eigenvalue weighted by atomic mass is 10.1. The molecule has 1 unspecified atom stereocenters. The van der Waals surface area contributed by atoms with E-state index in [9.17, 15) is 9.18 Å². The third-order valence-corrected chi connectivity index (χ3v) is 3.42. The molecule has 0 aliphatic carbocycles. The van der Waals surface area contributed by atoms with Gasteiger partial charge in [-0.2, -0.15) is 0 Å². The second-order valence-electron chi connectivity index (χ2n) is 4.72. The zero-order valence-corrected chi connectivity index (χ0v) is 12.3. The monoisotopic (exact) mass is 302 g/mol. The van der Waals surface area contributed by atoms with Gasteiger partial charge in [0.1, 0.15) is 17.1 Å². The predicted octanol–water partition coefficient (Wildman–Crippen LogP) is 1.99. The molecular weight excluding hydrogens is 283 g/mol. The number of carbonyl (C=O) groups excluding carboxylic acids is 1. The van der Waals surface area contributed by atoms with Gasteiger partial charge in [0.25, 0.3) is 5.91 Å². The first-order valence-corrected chi connectivity index (χ1v) is 6.53. The molecule has 0 aromatic heterocycles. The number of halogens is 2. The number of hydrogen-bond acceptors (Lipinski definition) is 3. The van der Waals surface area contributed by atoms with Gasteiger partial charge in [0.15, 0.2) is 0 Å². The third kappa shape index (κ3) is 4.08. The fourth-order valence-corrected chi connectivity index (χ4v) is 2.33. The zero-order valence-electron chi connectivity index (χ0n) is 11.4. The second kappa shape index (κ2) is 8.07. The van der Waals surface area contributed by atoms with E-state index >= 15 is 0 Å². The highest BCUT2D eigenvalue weighted by molar-refractivity contribution is 5.97. The van der Waals surface area contributed by atoms with Crippen LogP contribution in [0, 0.1) is 11.7 Å². The zero-order chi connectivity index (χ0) is 13.7. The fourth-order valence-electron chi connectivity index (χ4n) is 2.33. The highest BCUT2D eigenvalue weighted by atomic mass is 35.5. The number of methoxy groups -OCH3 is 1. The highest BCUT2D eigenvalue weighted by Gasteiger charge is 2.18. The summed E-state index contributed by atoms with van der Waals surface area (Å²) in [5.41, 5.74) is -0.0189. The lowest BCUT2D eigenvalue weighted by molar-refractivity contribution is 0.0944. The third-order valence-electron chi connectivity index (χ3n) is 3.42. The number of rotatable bonds is 5. The SMILES string of the molecule is COc1cccc(F)c1C(=O)NCCC1CCNC1.Cl. The first-order valence-electron chi connectivity index (χ1n) is 6.53. The summed E-state index contributed by atoms with van der Waals surface area (Å²) in [4.78, 5) is 12.0. The molecule has 1 atom stereocenters. The van der Waals surface area contributed by atoms with Crippen molar-refractivity contribution in [3.05, 3.63) is 29.6 Å². The summed E-state index contributed by atoms with van der Waals surface area (Å²) in [5, 5.41) is 6.03. The maximum absolute atomic E-state index is 13.7. The maximum Gasteiger partial charge on any atom is 0.258 e. The first kappa shape index (κ1) is 16.7. The van der Waals surface area contributed by atoms with E-state index in [1.165, 1.54) is 19.2 Å². The Morgan fingerprint density at radius 2 is 2.35 bits per heavy atom. The van der Waals surface area contributed by atoms with Crippen molar-refractivity contribution in [1.29, 1.82) is 0 Å². The lowest BCUT2D eigenvalue weighted by Crippen LogP contribution is -2.27. The quantitative estimate of drug-likeness (QED) is 0.874. The minimum atomic E-state index is -0.556. The van der Waals surface area contributed by atoms with Gasteiger partial charge in [0, 0.05) is 6.54 Å². The van der Waals surface area contributed by atoms with E-state index in [-0.39, 0.29) is 23.7 Å². The van der Waals surface area contributed by atoms with Crippen LogP contribution in [-0.2, 0) is 0 Å². The fraction of sp³-hybridized carbons (Fsp3) is 0.500. The summed E-state index contributed by atoms with van der Waals surface area (Å²) >= 11 is 0. The van der Waals surface area contributed by atoms with Crippen LogP contribution in [0.3, 0.4) is 0 Å². The van der Waals surface area contributed by atoms with E-state index in [2.05, 4.69) is 10.6 Å². The van der Waals surface area contributed by atoms with Crippen LogP contribution < -0.4 is 15.4 Å². The predicted molar refractivity (Wildman–Crippen MR) is 78.1 cm³/mol. The molecule has 20 heavy (non-hydrogen) atoms. The minimum absolute atomic E-state index is 0. The Kier molecular flexibility index (Phi) is 6.75. The summed E-state index contributed by atoms with van der Waals surface area (Å²) in [6.45, 7) is 2.60. The summed E-state index contributed by atoms with van der Waals surface area (Å²) in [7, 11) is 1.43. The van der Waals surface area contributed by atoms with Gasteiger partial charge in [-0.15, -0.1) is 12.4 Å². The van der Waals surface area contributed by atoms with Gasteiger partial charge in [-0.3, -0.25) is 4.79 Å². The molecular formula is C14H20ClFN2O2. The van der Waals surface area contributed by atoms with Gasteiger partial charge >= 0.3 is 0 Å². The van der Waals surface area contributed by atoms with Crippen molar-refractivity contribution in [2.75, 3.05) is 26.7 Å². The largest absolute Gasteiger partial charge is 0.496 e. The van der Waals surface area contributed by atoms with E-state index in [0.717, 1.165) is 25.9 Å². The molecule has 1 amide bonds. The average Bonchev–Trinajstić information content (AvgIpc) is 2.91. The Hall–Kier alpha value is -1.33. The van der Waals surface area contributed by atoms with Crippen LogP contribution in [0.5, 0.6) is 5.75 Å². The molecule has 112 valence electrons. The molecule has 4 nitrogen and oxygen atoms in total. The Bertz CT molecular complexity index is 451. The molecule has 1 aliphatic heterocycles. The number of carbonyl (C=O) groups is 1. The van der Waals surface area contributed by atoms with E-state index in [0.29, 0.717) is 12.5 Å². The van der Waals surface area contributed by atoms with E-state index < -0.39 is 11.7 Å². The molecule has 1 aliphatic rings. The van der Waals surface area contributed by atoms with Crippen LogP contribution in [0.25, 0.3) is 0 Å². The molecule has 1 aromatic carbocycles. The molecule has 1 aromatic rings. The highest BCUT2D eigenvalue weighted by Crippen LogP contribution is 2.21. The molecule has 0 radical (unpaired) electrons. The Balaban J connectivity index is 0.00000200. The van der Waals surface area contributed by atoms with Crippen molar-refractivity contribution in [2.24, 2.45) is 5.92 Å². The molecule has 1 saturated heterocycles. The molecule has 0 spiro atoms. The maximum atomic E-state index is 13.7. The van der Waals surface area contributed by atoms with Crippen molar-refractivity contribution in [3.8, 4) is 5.75 Å². The van der Waals surface area contributed by atoms with Gasteiger partial charge in [-0.1, -0.05) is 6.07 Å². The van der Waals surface area contributed by atoms with Gasteiger partial charge in [0.05, 0.1) is 7.11 Å². The summed E-state index contributed by atoms with van der Waals surface area (Å²) in [6.07, 6.45) is 2.05. The number of hydrogen-bond donors (Lipinski definition) is 2. The average molecular weight is 303 g/mol. The molecule has 6 heteroatoms. The van der Waals surface area contributed by atoms with Gasteiger partial charge in [-0.25, -0.2) is 4.39 Å². The smallest absolute Gasteiger partial charge is 0.258 e. The molecule has 1 fully saturated rings. The topological polar surface area (TPSA) is 50.4 Å². The van der Waals surface area contributed by atoms with Crippen LogP contribution >= 0.6 is 12.4 Å². The normalized spacial score (nSPS) is 17.4. The molecule has 2 N–H and O–H groups in total. The molecule has 2 rings (SSSR count). The van der Waals surface area contributed by atoms with Gasteiger partial charge < -0.3 is 15.4 Å². The Morgan fingerprint density at radius 1 is 1.55 bits per heavy atom. The van der Waals surface area contributed by atoms with Crippen molar-refractivity contribution in [2.45, 2.75) is 12.8 Å². The standard InChI is InChI=1S/C14H19FN2O2.ClH/c1-19-12-4-2-3-11(15)13(12)14(18)17-8-6-10-5-7-16-9-10;/h2-4,10,16H,5-9H2,1H3,(H,17,18);1H. The minimum Gasteiger partial charge on any atom is -0.496 e. The summed E-state index contributed by atoms with van der Waals surface area (Å²) < 4.78 is 18.7. The van der Waals surface area contributed by atoms with Crippen molar-refractivity contribution in [3.63, 3.8) is 0 Å². The number of nitrogens with one attached hydrogen (secondary N) is 2. The number of amides is 1. The number of ether oxygens (including phenoxy) is 1. The van der Waals surface area contributed by atoms with Crippen LogP contribution in [0.4, 0.5) is 4.39 Å². The lowest BCUT2D eigenvalue weighted by Gasteiger charge is -2.12. The van der Waals surface area contributed by atoms with Crippen LogP contribution in [0.15, 0.2) is 18.2 Å². The molecule has 1 heterocycles. The van der Waals surface area contributed by atoms with Crippen LogP contribution in [-0.4, -0.2) is 32.7 Å². The molecule has 0 saturated carbocycles. The van der Waals surface area contributed by atoms with Crippen molar-refractivity contribution in [1.82, 2.24) is 10.6 Å². The number of benzene rings is 1.